The number of hydrogen-bond acceptors (Lipinski definition) is 3. The second-order valence-electron chi connectivity index (χ2n) is 4.53. The second-order valence-corrected chi connectivity index (χ2v) is 4.53. The van der Waals surface area contributed by atoms with Crippen LogP contribution in [-0.2, 0) is 16.1 Å². The Labute approximate surface area is 120 Å². The molecule has 0 saturated heterocycles. The minimum Gasteiger partial charge on any atom is -0.377 e. The molecule has 1 aromatic carbocycles. The predicted molar refractivity (Wildman–Crippen MR) is 79.3 cm³/mol. The SMILES string of the molecule is CCOC(CCOCc1ccccc1)c1ccccn1. The lowest BCUT2D eigenvalue weighted by atomic mass is 10.1. The molecule has 0 amide bonds. The molecular weight excluding hydrogens is 250 g/mol. The minimum atomic E-state index is 0.0111. The van der Waals surface area contributed by atoms with Gasteiger partial charge in [0.15, 0.2) is 0 Å². The molecule has 3 nitrogen and oxygen atoms in total. The number of aromatic nitrogens is 1. The van der Waals surface area contributed by atoms with Gasteiger partial charge in [0.25, 0.3) is 0 Å². The van der Waals surface area contributed by atoms with Crippen LogP contribution in [0.25, 0.3) is 0 Å². The number of hydrogen-bond donors (Lipinski definition) is 0. The van der Waals surface area contributed by atoms with Crippen molar-refractivity contribution < 1.29 is 9.47 Å². The molecule has 1 heterocycles. The van der Waals surface area contributed by atoms with Crippen LogP contribution in [-0.4, -0.2) is 18.2 Å². The van der Waals surface area contributed by atoms with E-state index >= 15 is 0 Å². The zero-order chi connectivity index (χ0) is 14.0. The van der Waals surface area contributed by atoms with Gasteiger partial charge in [0.05, 0.1) is 12.3 Å². The Kier molecular flexibility index (Phi) is 6.21. The summed E-state index contributed by atoms with van der Waals surface area (Å²) in [4.78, 5) is 4.35. The molecule has 106 valence electrons. The Morgan fingerprint density at radius 2 is 1.85 bits per heavy atom. The van der Waals surface area contributed by atoms with Gasteiger partial charge in [-0.25, -0.2) is 0 Å². The van der Waals surface area contributed by atoms with Crippen LogP contribution in [0.5, 0.6) is 0 Å². The van der Waals surface area contributed by atoms with E-state index in [-0.39, 0.29) is 6.10 Å². The van der Waals surface area contributed by atoms with Crippen molar-refractivity contribution in [3.8, 4) is 0 Å². The third-order valence-electron chi connectivity index (χ3n) is 3.02. The van der Waals surface area contributed by atoms with Crippen molar-refractivity contribution >= 4 is 0 Å². The third kappa shape index (κ3) is 4.76. The molecule has 2 aromatic rings. The topological polar surface area (TPSA) is 31.4 Å². The lowest BCUT2D eigenvalue weighted by Crippen LogP contribution is -2.09. The molecule has 0 N–H and O–H groups in total. The largest absolute Gasteiger partial charge is 0.377 e. The minimum absolute atomic E-state index is 0.0111. The highest BCUT2D eigenvalue weighted by molar-refractivity contribution is 5.13. The summed E-state index contributed by atoms with van der Waals surface area (Å²) in [5.74, 6) is 0. The Morgan fingerprint density at radius 3 is 2.55 bits per heavy atom. The number of ether oxygens (including phenoxy) is 2. The van der Waals surface area contributed by atoms with E-state index in [2.05, 4.69) is 17.1 Å². The van der Waals surface area contributed by atoms with Crippen LogP contribution in [0.1, 0.15) is 30.7 Å². The molecule has 2 rings (SSSR count). The summed E-state index contributed by atoms with van der Waals surface area (Å²) in [6.45, 7) is 3.98. The van der Waals surface area contributed by atoms with Crippen molar-refractivity contribution in [1.82, 2.24) is 4.98 Å². The Hall–Kier alpha value is -1.71. The summed E-state index contributed by atoms with van der Waals surface area (Å²) < 4.78 is 11.4. The number of rotatable bonds is 8. The molecule has 0 radical (unpaired) electrons. The van der Waals surface area contributed by atoms with E-state index in [0.29, 0.717) is 19.8 Å². The van der Waals surface area contributed by atoms with Crippen LogP contribution in [0.4, 0.5) is 0 Å². The predicted octanol–water partition coefficient (Wildman–Crippen LogP) is 3.77. The van der Waals surface area contributed by atoms with Crippen LogP contribution in [0.2, 0.25) is 0 Å². The molecule has 1 atom stereocenters. The first-order valence-electron chi connectivity index (χ1n) is 7.04. The van der Waals surface area contributed by atoms with Crippen molar-refractivity contribution in [3.63, 3.8) is 0 Å². The first kappa shape index (κ1) is 14.7. The van der Waals surface area contributed by atoms with E-state index in [1.807, 2.05) is 43.3 Å². The van der Waals surface area contributed by atoms with Gasteiger partial charge in [-0.2, -0.15) is 0 Å². The van der Waals surface area contributed by atoms with Crippen LogP contribution in [0, 0.1) is 0 Å². The zero-order valence-corrected chi connectivity index (χ0v) is 11.9. The average Bonchev–Trinajstić information content (AvgIpc) is 2.52. The fraction of sp³-hybridized carbons (Fsp3) is 0.353. The van der Waals surface area contributed by atoms with Gasteiger partial charge in [0.1, 0.15) is 6.10 Å². The lowest BCUT2D eigenvalue weighted by Gasteiger charge is -2.16. The van der Waals surface area contributed by atoms with Crippen LogP contribution in [0.3, 0.4) is 0 Å². The van der Waals surface area contributed by atoms with Gasteiger partial charge in [-0.15, -0.1) is 0 Å². The number of pyridine rings is 1. The number of nitrogens with zero attached hydrogens (tertiary/aromatic N) is 1. The van der Waals surface area contributed by atoms with Crippen molar-refractivity contribution in [1.29, 1.82) is 0 Å². The van der Waals surface area contributed by atoms with Gasteiger partial charge in [-0.3, -0.25) is 4.98 Å². The monoisotopic (exact) mass is 271 g/mol. The molecule has 1 unspecified atom stereocenters. The van der Waals surface area contributed by atoms with Gasteiger partial charge in [0.2, 0.25) is 0 Å². The Bertz CT molecular complexity index is 473. The van der Waals surface area contributed by atoms with E-state index in [1.54, 1.807) is 6.20 Å². The Balaban J connectivity index is 1.78. The van der Waals surface area contributed by atoms with Gasteiger partial charge in [-0.1, -0.05) is 36.4 Å². The summed E-state index contributed by atoms with van der Waals surface area (Å²) in [7, 11) is 0. The molecule has 0 fully saturated rings. The first-order chi connectivity index (χ1) is 9.90. The Morgan fingerprint density at radius 1 is 1.05 bits per heavy atom. The van der Waals surface area contributed by atoms with Crippen molar-refractivity contribution in [2.45, 2.75) is 26.1 Å². The van der Waals surface area contributed by atoms with E-state index in [4.69, 9.17) is 9.47 Å². The average molecular weight is 271 g/mol. The van der Waals surface area contributed by atoms with Crippen LogP contribution in [0.15, 0.2) is 54.7 Å². The molecule has 0 aliphatic carbocycles. The van der Waals surface area contributed by atoms with Gasteiger partial charge < -0.3 is 9.47 Å². The summed E-state index contributed by atoms with van der Waals surface area (Å²) in [5.41, 5.74) is 2.16. The van der Waals surface area contributed by atoms with Crippen molar-refractivity contribution in [2.75, 3.05) is 13.2 Å². The summed E-state index contributed by atoms with van der Waals surface area (Å²) in [6.07, 6.45) is 2.63. The molecule has 0 saturated carbocycles. The van der Waals surface area contributed by atoms with Crippen molar-refractivity contribution in [3.05, 3.63) is 66.0 Å². The quantitative estimate of drug-likeness (QED) is 0.685. The van der Waals surface area contributed by atoms with Crippen LogP contribution < -0.4 is 0 Å². The maximum atomic E-state index is 5.74. The molecular formula is C17H21NO2. The second kappa shape index (κ2) is 8.46. The highest BCUT2D eigenvalue weighted by atomic mass is 16.5. The molecule has 0 spiro atoms. The fourth-order valence-corrected chi connectivity index (χ4v) is 2.04. The highest BCUT2D eigenvalue weighted by Gasteiger charge is 2.12. The highest BCUT2D eigenvalue weighted by Crippen LogP contribution is 2.19. The molecule has 0 aliphatic rings. The zero-order valence-electron chi connectivity index (χ0n) is 11.9. The molecule has 0 aliphatic heterocycles. The number of benzene rings is 1. The van der Waals surface area contributed by atoms with E-state index in [1.165, 1.54) is 5.56 Å². The van der Waals surface area contributed by atoms with E-state index in [9.17, 15) is 0 Å². The van der Waals surface area contributed by atoms with Crippen LogP contribution >= 0.6 is 0 Å². The molecule has 3 heteroatoms. The molecule has 20 heavy (non-hydrogen) atoms. The maximum Gasteiger partial charge on any atom is 0.102 e. The molecule has 0 bridgehead atoms. The summed E-state index contributed by atoms with van der Waals surface area (Å²) >= 11 is 0. The summed E-state index contributed by atoms with van der Waals surface area (Å²) in [6, 6.07) is 16.1. The normalized spacial score (nSPS) is 12.2. The lowest BCUT2D eigenvalue weighted by molar-refractivity contribution is 0.0208. The van der Waals surface area contributed by atoms with Gasteiger partial charge in [-0.05, 0) is 24.6 Å². The third-order valence-corrected chi connectivity index (χ3v) is 3.02. The van der Waals surface area contributed by atoms with Gasteiger partial charge in [0, 0.05) is 25.8 Å². The standard InChI is InChI=1S/C17H21NO2/c1-2-20-17(16-10-6-7-12-18-16)11-13-19-14-15-8-4-3-5-9-15/h3-10,12,17H,2,11,13-14H2,1H3. The van der Waals surface area contributed by atoms with E-state index in [0.717, 1.165) is 12.1 Å². The summed E-state index contributed by atoms with van der Waals surface area (Å²) in [5, 5.41) is 0. The van der Waals surface area contributed by atoms with Gasteiger partial charge >= 0.3 is 0 Å². The van der Waals surface area contributed by atoms with Crippen molar-refractivity contribution in [2.24, 2.45) is 0 Å². The smallest absolute Gasteiger partial charge is 0.102 e. The molecule has 1 aromatic heterocycles. The fourth-order valence-electron chi connectivity index (χ4n) is 2.04. The first-order valence-corrected chi connectivity index (χ1v) is 7.04. The van der Waals surface area contributed by atoms with E-state index < -0.39 is 0 Å². The maximum absolute atomic E-state index is 5.74.